The molecule has 1 saturated heterocycles. The third-order valence-corrected chi connectivity index (χ3v) is 4.01. The van der Waals surface area contributed by atoms with Crippen LogP contribution in [-0.2, 0) is 4.79 Å². The number of nitro benzene ring substituents is 1. The molecule has 1 aromatic heterocycles. The van der Waals surface area contributed by atoms with Gasteiger partial charge in [-0.25, -0.2) is 0 Å². The number of rotatable bonds is 3. The molecule has 0 bridgehead atoms. The lowest BCUT2D eigenvalue weighted by molar-refractivity contribution is -0.384. The van der Waals surface area contributed by atoms with Crippen LogP contribution in [0.3, 0.4) is 0 Å². The number of thiocarbonyl (C=S) groups is 1. The van der Waals surface area contributed by atoms with E-state index in [1.165, 1.54) is 12.1 Å². The van der Waals surface area contributed by atoms with E-state index in [2.05, 4.69) is 10.6 Å². The number of nitrogens with zero attached hydrogens (tertiary/aromatic N) is 2. The van der Waals surface area contributed by atoms with Gasteiger partial charge >= 0.3 is 0 Å². The summed E-state index contributed by atoms with van der Waals surface area (Å²) in [4.78, 5) is 22.1. The van der Waals surface area contributed by atoms with Crippen molar-refractivity contribution in [1.29, 1.82) is 0 Å². The van der Waals surface area contributed by atoms with E-state index in [0.717, 1.165) is 22.6 Å². The minimum atomic E-state index is -0.428. The van der Waals surface area contributed by atoms with Gasteiger partial charge in [0.25, 0.3) is 11.6 Å². The van der Waals surface area contributed by atoms with Crippen LogP contribution in [0.4, 0.5) is 5.69 Å². The van der Waals surface area contributed by atoms with Gasteiger partial charge in [-0.2, -0.15) is 0 Å². The number of benzene rings is 1. The standard InChI is InChI=1S/C16H14N4O3S/c1-9-7-11(8-14-15(21)18-16(24)17-14)10(2)19(9)12-3-5-13(6-4-12)20(22)23/h3-8H,1-2H3,(H2,17,18,21,24)/b14-8+. The van der Waals surface area contributed by atoms with Crippen LogP contribution in [-0.4, -0.2) is 20.5 Å². The molecule has 3 rings (SSSR count). The Labute approximate surface area is 143 Å². The number of nitrogens with one attached hydrogen (secondary N) is 2. The molecule has 2 heterocycles. The van der Waals surface area contributed by atoms with E-state index < -0.39 is 4.92 Å². The van der Waals surface area contributed by atoms with Gasteiger partial charge in [0.15, 0.2) is 5.11 Å². The van der Waals surface area contributed by atoms with Gasteiger partial charge in [-0.1, -0.05) is 0 Å². The van der Waals surface area contributed by atoms with Crippen molar-refractivity contribution in [3.05, 3.63) is 63.1 Å². The Bertz CT molecular complexity index is 897. The van der Waals surface area contributed by atoms with Crippen LogP contribution in [0.1, 0.15) is 17.0 Å². The number of hydrogen-bond acceptors (Lipinski definition) is 4. The van der Waals surface area contributed by atoms with E-state index in [1.807, 2.05) is 24.5 Å². The highest BCUT2D eigenvalue weighted by Crippen LogP contribution is 2.24. The summed E-state index contributed by atoms with van der Waals surface area (Å²) in [5.74, 6) is -0.264. The quantitative estimate of drug-likeness (QED) is 0.387. The molecular weight excluding hydrogens is 328 g/mol. The van der Waals surface area contributed by atoms with Crippen LogP contribution in [0, 0.1) is 24.0 Å². The summed E-state index contributed by atoms with van der Waals surface area (Å²) in [5, 5.41) is 16.4. The summed E-state index contributed by atoms with van der Waals surface area (Å²) in [7, 11) is 0. The topological polar surface area (TPSA) is 89.2 Å². The normalized spacial score (nSPS) is 15.5. The molecule has 122 valence electrons. The lowest BCUT2D eigenvalue weighted by Crippen LogP contribution is -2.21. The van der Waals surface area contributed by atoms with Gasteiger partial charge in [-0.05, 0) is 55.9 Å². The van der Waals surface area contributed by atoms with Crippen LogP contribution in [0.2, 0.25) is 0 Å². The number of hydrogen-bond donors (Lipinski definition) is 2. The minimum absolute atomic E-state index is 0.0453. The second-order valence-corrected chi connectivity index (χ2v) is 5.81. The predicted molar refractivity (Wildman–Crippen MR) is 93.8 cm³/mol. The molecule has 1 aliphatic heterocycles. The largest absolute Gasteiger partial charge is 0.328 e. The first-order chi connectivity index (χ1) is 11.4. The SMILES string of the molecule is Cc1cc(/C=C2/NC(=S)NC2=O)c(C)n1-c1ccc([N+](=O)[O-])cc1. The summed E-state index contributed by atoms with van der Waals surface area (Å²) < 4.78 is 1.97. The Kier molecular flexibility index (Phi) is 3.90. The molecule has 2 N–H and O–H groups in total. The number of nitro groups is 1. The third-order valence-electron chi connectivity index (χ3n) is 3.81. The predicted octanol–water partition coefficient (Wildman–Crippen LogP) is 2.35. The zero-order valence-electron chi connectivity index (χ0n) is 13.0. The monoisotopic (exact) mass is 342 g/mol. The van der Waals surface area contributed by atoms with Crippen LogP contribution in [0.5, 0.6) is 0 Å². The molecular formula is C16H14N4O3S. The molecule has 24 heavy (non-hydrogen) atoms. The van der Waals surface area contributed by atoms with Crippen molar-refractivity contribution in [1.82, 2.24) is 15.2 Å². The lowest BCUT2D eigenvalue weighted by Gasteiger charge is -2.09. The van der Waals surface area contributed by atoms with Gasteiger partial charge in [0.2, 0.25) is 0 Å². The first-order valence-corrected chi connectivity index (χ1v) is 7.55. The molecule has 1 aliphatic rings. The summed E-state index contributed by atoms with van der Waals surface area (Å²) in [6.07, 6.45) is 1.73. The molecule has 0 saturated carbocycles. The van der Waals surface area contributed by atoms with E-state index in [-0.39, 0.29) is 16.7 Å². The zero-order valence-corrected chi connectivity index (χ0v) is 13.8. The Balaban J connectivity index is 2.01. The summed E-state index contributed by atoms with van der Waals surface area (Å²) in [6.45, 7) is 3.86. The molecule has 0 atom stereocenters. The Morgan fingerprint density at radius 1 is 1.21 bits per heavy atom. The highest BCUT2D eigenvalue weighted by Gasteiger charge is 2.21. The molecule has 0 aliphatic carbocycles. The van der Waals surface area contributed by atoms with E-state index in [0.29, 0.717) is 5.70 Å². The average Bonchev–Trinajstić information content (AvgIpc) is 2.98. The molecule has 1 aromatic carbocycles. The minimum Gasteiger partial charge on any atom is -0.328 e. The summed E-state index contributed by atoms with van der Waals surface area (Å²) in [6, 6.07) is 8.28. The van der Waals surface area contributed by atoms with Crippen molar-refractivity contribution in [3.63, 3.8) is 0 Å². The fraction of sp³-hybridized carbons (Fsp3) is 0.125. The average molecular weight is 342 g/mol. The number of carbonyl (C=O) groups excluding carboxylic acids is 1. The number of amides is 1. The first kappa shape index (κ1) is 15.9. The van der Waals surface area contributed by atoms with Crippen molar-refractivity contribution >= 4 is 35.0 Å². The van der Waals surface area contributed by atoms with Crippen molar-refractivity contribution < 1.29 is 9.72 Å². The van der Waals surface area contributed by atoms with Crippen LogP contribution in [0.15, 0.2) is 36.0 Å². The van der Waals surface area contributed by atoms with Crippen molar-refractivity contribution in [2.45, 2.75) is 13.8 Å². The Hall–Kier alpha value is -3.00. The Morgan fingerprint density at radius 2 is 1.88 bits per heavy atom. The van der Waals surface area contributed by atoms with Gasteiger partial charge in [-0.3, -0.25) is 20.2 Å². The van der Waals surface area contributed by atoms with Gasteiger partial charge in [0.1, 0.15) is 5.70 Å². The maximum atomic E-state index is 11.8. The molecule has 0 radical (unpaired) electrons. The molecule has 7 nitrogen and oxygen atoms in total. The van der Waals surface area contributed by atoms with Gasteiger partial charge in [0.05, 0.1) is 4.92 Å². The number of carbonyl (C=O) groups is 1. The van der Waals surface area contributed by atoms with Crippen LogP contribution < -0.4 is 10.6 Å². The van der Waals surface area contributed by atoms with Crippen molar-refractivity contribution in [3.8, 4) is 5.69 Å². The number of aryl methyl sites for hydroxylation is 1. The van der Waals surface area contributed by atoms with Crippen molar-refractivity contribution in [2.24, 2.45) is 0 Å². The van der Waals surface area contributed by atoms with Gasteiger partial charge in [-0.15, -0.1) is 0 Å². The summed E-state index contributed by atoms with van der Waals surface area (Å²) in [5.41, 5.74) is 4.00. The maximum Gasteiger partial charge on any atom is 0.273 e. The fourth-order valence-corrected chi connectivity index (χ4v) is 2.90. The molecule has 0 spiro atoms. The molecule has 2 aromatic rings. The van der Waals surface area contributed by atoms with E-state index in [1.54, 1.807) is 18.2 Å². The zero-order chi connectivity index (χ0) is 17.4. The fourth-order valence-electron chi connectivity index (χ4n) is 2.69. The molecule has 1 amide bonds. The van der Waals surface area contributed by atoms with Gasteiger partial charge in [0, 0.05) is 29.2 Å². The third kappa shape index (κ3) is 2.79. The number of aromatic nitrogens is 1. The lowest BCUT2D eigenvalue weighted by atomic mass is 10.2. The summed E-state index contributed by atoms with van der Waals surface area (Å²) >= 11 is 4.92. The molecule has 0 unspecified atom stereocenters. The number of non-ortho nitro benzene ring substituents is 1. The first-order valence-electron chi connectivity index (χ1n) is 7.14. The van der Waals surface area contributed by atoms with Crippen LogP contribution >= 0.6 is 12.2 Å². The highest BCUT2D eigenvalue weighted by molar-refractivity contribution is 7.80. The highest BCUT2D eigenvalue weighted by atomic mass is 32.1. The van der Waals surface area contributed by atoms with E-state index >= 15 is 0 Å². The Morgan fingerprint density at radius 3 is 2.42 bits per heavy atom. The van der Waals surface area contributed by atoms with Crippen LogP contribution in [0.25, 0.3) is 11.8 Å². The molecule has 1 fully saturated rings. The second kappa shape index (κ2) is 5.89. The maximum absolute atomic E-state index is 11.8. The van der Waals surface area contributed by atoms with E-state index in [4.69, 9.17) is 12.2 Å². The second-order valence-electron chi connectivity index (χ2n) is 5.40. The van der Waals surface area contributed by atoms with Gasteiger partial charge < -0.3 is 9.88 Å². The van der Waals surface area contributed by atoms with E-state index in [9.17, 15) is 14.9 Å². The van der Waals surface area contributed by atoms with Crippen molar-refractivity contribution in [2.75, 3.05) is 0 Å². The molecule has 8 heteroatoms. The smallest absolute Gasteiger partial charge is 0.273 e.